The zero-order chi connectivity index (χ0) is 21.4. The number of nitrogens with zero attached hydrogens (tertiary/aromatic N) is 2. The number of hydrogen-bond donors (Lipinski definition) is 0. The first-order valence-corrected chi connectivity index (χ1v) is 10.3. The molecule has 9 heteroatoms. The Kier molecular flexibility index (Phi) is 5.36. The Balaban J connectivity index is 2.31. The van der Waals surface area contributed by atoms with E-state index in [1.807, 2.05) is 0 Å². The molecule has 0 saturated heterocycles. The van der Waals surface area contributed by atoms with E-state index in [4.69, 9.17) is 0 Å². The second kappa shape index (κ2) is 7.47. The normalized spacial score (nSPS) is 12.2. The van der Waals surface area contributed by atoms with Crippen molar-refractivity contribution < 1.29 is 26.0 Å². The van der Waals surface area contributed by atoms with Crippen LogP contribution in [0.1, 0.15) is 5.69 Å². The van der Waals surface area contributed by atoms with E-state index in [1.54, 1.807) is 0 Å². The smallest absolute Gasteiger partial charge is 0.255 e. The van der Waals surface area contributed by atoms with E-state index < -0.39 is 27.5 Å². The molecule has 152 valence electrons. The highest BCUT2D eigenvalue weighted by atomic mass is 32.2. The Morgan fingerprint density at radius 1 is 1.03 bits per heavy atom. The first kappa shape index (κ1) is 20.8. The minimum atomic E-state index is -4.73. The van der Waals surface area contributed by atoms with Crippen LogP contribution in [-0.2, 0) is 22.6 Å². The molecule has 0 aliphatic rings. The van der Waals surface area contributed by atoms with Gasteiger partial charge in [-0.15, -0.1) is 6.58 Å². The standard InChI is InChI=1S/C20H16F4N2O2S/c1-3-12-26-19(20(22,23)24)17(13-4-8-15(21)9-5-13)18(25-26)14-6-10-16(11-7-14)29(2,27)28/h3-11H,1,12H2,2H3. The van der Waals surface area contributed by atoms with Crippen LogP contribution in [0.2, 0.25) is 0 Å². The van der Waals surface area contributed by atoms with Crippen LogP contribution < -0.4 is 0 Å². The van der Waals surface area contributed by atoms with Gasteiger partial charge in [-0.2, -0.15) is 18.3 Å². The predicted molar refractivity (Wildman–Crippen MR) is 101 cm³/mol. The molecule has 1 aromatic heterocycles. The molecule has 2 aromatic carbocycles. The lowest BCUT2D eigenvalue weighted by atomic mass is 9.98. The Morgan fingerprint density at radius 2 is 1.59 bits per heavy atom. The van der Waals surface area contributed by atoms with E-state index in [9.17, 15) is 26.0 Å². The summed E-state index contributed by atoms with van der Waals surface area (Å²) in [5.41, 5.74) is -0.773. The lowest BCUT2D eigenvalue weighted by molar-refractivity contribution is -0.143. The minimum Gasteiger partial charge on any atom is -0.255 e. The van der Waals surface area contributed by atoms with E-state index in [1.165, 1.54) is 42.5 Å². The van der Waals surface area contributed by atoms with Crippen LogP contribution >= 0.6 is 0 Å². The minimum absolute atomic E-state index is 0.00540. The average Bonchev–Trinajstić information content (AvgIpc) is 3.02. The molecule has 3 aromatic rings. The van der Waals surface area contributed by atoms with Gasteiger partial charge in [-0.25, -0.2) is 12.8 Å². The Labute approximate surface area is 165 Å². The summed E-state index contributed by atoms with van der Waals surface area (Å²) in [6.07, 6.45) is -2.41. The van der Waals surface area contributed by atoms with Crippen LogP contribution in [-0.4, -0.2) is 24.5 Å². The van der Waals surface area contributed by atoms with Gasteiger partial charge in [0.2, 0.25) is 0 Å². The van der Waals surface area contributed by atoms with Gasteiger partial charge in [0.1, 0.15) is 11.5 Å². The number of sulfone groups is 1. The van der Waals surface area contributed by atoms with Crippen LogP contribution in [0, 0.1) is 5.82 Å². The third-order valence-electron chi connectivity index (χ3n) is 4.21. The van der Waals surface area contributed by atoms with Crippen LogP contribution in [0.3, 0.4) is 0 Å². The van der Waals surface area contributed by atoms with Crippen LogP contribution in [0.4, 0.5) is 17.6 Å². The molecule has 1 heterocycles. The van der Waals surface area contributed by atoms with Crippen molar-refractivity contribution in [3.05, 3.63) is 72.7 Å². The molecule has 0 unspecified atom stereocenters. The van der Waals surface area contributed by atoms with E-state index in [2.05, 4.69) is 11.7 Å². The fourth-order valence-electron chi connectivity index (χ4n) is 2.96. The molecule has 0 radical (unpaired) electrons. The summed E-state index contributed by atoms with van der Waals surface area (Å²) in [6.45, 7) is 3.28. The Hall–Kier alpha value is -2.94. The number of rotatable bonds is 5. The maximum atomic E-state index is 13.9. The van der Waals surface area contributed by atoms with Crippen molar-refractivity contribution >= 4 is 9.84 Å². The fraction of sp³-hybridized carbons (Fsp3) is 0.150. The van der Waals surface area contributed by atoms with Crippen LogP contribution in [0.5, 0.6) is 0 Å². The second-order valence-corrected chi connectivity index (χ2v) is 8.36. The number of alkyl halides is 3. The molecule has 0 atom stereocenters. The molecule has 0 amide bonds. The molecule has 0 saturated carbocycles. The van der Waals surface area contributed by atoms with E-state index in [-0.39, 0.29) is 28.3 Å². The topological polar surface area (TPSA) is 52.0 Å². The van der Waals surface area contributed by atoms with Gasteiger partial charge < -0.3 is 0 Å². The van der Waals surface area contributed by atoms with Crippen molar-refractivity contribution in [3.8, 4) is 22.4 Å². The van der Waals surface area contributed by atoms with E-state index >= 15 is 0 Å². The zero-order valence-electron chi connectivity index (χ0n) is 15.2. The van der Waals surface area contributed by atoms with E-state index in [0.717, 1.165) is 23.1 Å². The van der Waals surface area contributed by atoms with Gasteiger partial charge in [0, 0.05) is 17.4 Å². The average molecular weight is 424 g/mol. The molecule has 0 aliphatic heterocycles. The first-order valence-electron chi connectivity index (χ1n) is 8.37. The van der Waals surface area contributed by atoms with Crippen molar-refractivity contribution in [2.24, 2.45) is 0 Å². The molecule has 0 fully saturated rings. The third kappa shape index (κ3) is 4.24. The van der Waals surface area contributed by atoms with Crippen LogP contribution in [0.25, 0.3) is 22.4 Å². The van der Waals surface area contributed by atoms with Gasteiger partial charge in [-0.3, -0.25) is 4.68 Å². The summed E-state index contributed by atoms with van der Waals surface area (Å²) in [5, 5.41) is 4.11. The molecule has 0 spiro atoms. The molecule has 0 bridgehead atoms. The molecule has 3 rings (SSSR count). The Morgan fingerprint density at radius 3 is 2.07 bits per heavy atom. The number of hydrogen-bond acceptors (Lipinski definition) is 3. The SMILES string of the molecule is C=CCn1nc(-c2ccc(S(C)(=O)=O)cc2)c(-c2ccc(F)cc2)c1C(F)(F)F. The summed E-state index contributed by atoms with van der Waals surface area (Å²) in [4.78, 5) is 0.0335. The van der Waals surface area contributed by atoms with Gasteiger partial charge in [-0.1, -0.05) is 30.3 Å². The highest BCUT2D eigenvalue weighted by Gasteiger charge is 2.40. The van der Waals surface area contributed by atoms with Gasteiger partial charge in [-0.05, 0) is 29.8 Å². The lowest BCUT2D eigenvalue weighted by Gasteiger charge is -2.12. The van der Waals surface area contributed by atoms with Gasteiger partial charge in [0.05, 0.1) is 11.4 Å². The predicted octanol–water partition coefficient (Wildman–Crippen LogP) is 4.96. The third-order valence-corrected chi connectivity index (χ3v) is 5.34. The highest BCUT2D eigenvalue weighted by Crippen LogP contribution is 2.42. The summed E-state index contributed by atoms with van der Waals surface area (Å²) in [6, 6.07) is 10.0. The van der Waals surface area contributed by atoms with Gasteiger partial charge >= 0.3 is 6.18 Å². The quantitative estimate of drug-likeness (QED) is 0.430. The number of benzene rings is 2. The summed E-state index contributed by atoms with van der Waals surface area (Å²) < 4.78 is 79.1. The van der Waals surface area contributed by atoms with Crippen molar-refractivity contribution in [1.29, 1.82) is 0 Å². The summed E-state index contributed by atoms with van der Waals surface area (Å²) in [7, 11) is -3.46. The maximum Gasteiger partial charge on any atom is 0.433 e. The van der Waals surface area contributed by atoms with Gasteiger partial charge in [0.25, 0.3) is 0 Å². The van der Waals surface area contributed by atoms with Gasteiger partial charge in [0.15, 0.2) is 15.5 Å². The first-order chi connectivity index (χ1) is 13.5. The molecule has 4 nitrogen and oxygen atoms in total. The number of aromatic nitrogens is 2. The monoisotopic (exact) mass is 424 g/mol. The maximum absolute atomic E-state index is 13.9. The van der Waals surface area contributed by atoms with Crippen molar-refractivity contribution in [2.75, 3.05) is 6.26 Å². The highest BCUT2D eigenvalue weighted by molar-refractivity contribution is 7.90. The Bertz CT molecular complexity index is 1150. The lowest BCUT2D eigenvalue weighted by Crippen LogP contribution is -2.15. The second-order valence-electron chi connectivity index (χ2n) is 6.34. The van der Waals surface area contributed by atoms with E-state index in [0.29, 0.717) is 5.56 Å². The number of allylic oxidation sites excluding steroid dienone is 1. The molecule has 0 aliphatic carbocycles. The van der Waals surface area contributed by atoms with Crippen molar-refractivity contribution in [2.45, 2.75) is 17.6 Å². The zero-order valence-corrected chi connectivity index (χ0v) is 16.1. The van der Waals surface area contributed by atoms with Crippen molar-refractivity contribution in [3.63, 3.8) is 0 Å². The largest absolute Gasteiger partial charge is 0.433 e. The fourth-order valence-corrected chi connectivity index (χ4v) is 3.59. The van der Waals surface area contributed by atoms with Crippen LogP contribution in [0.15, 0.2) is 66.1 Å². The molecule has 29 heavy (non-hydrogen) atoms. The summed E-state index contributed by atoms with van der Waals surface area (Å²) >= 11 is 0. The molecule has 0 N–H and O–H groups in total. The number of halogens is 4. The summed E-state index contributed by atoms with van der Waals surface area (Å²) in [5.74, 6) is -0.583. The van der Waals surface area contributed by atoms with Crippen molar-refractivity contribution in [1.82, 2.24) is 9.78 Å². The molecular formula is C20H16F4N2O2S. The molecular weight excluding hydrogens is 408 g/mol.